The largest absolute Gasteiger partial charge is 0.481 e. The van der Waals surface area contributed by atoms with Crippen LogP contribution in [0, 0.1) is 11.8 Å². The molecule has 6 atom stereocenters. The van der Waals surface area contributed by atoms with Gasteiger partial charge in [0.05, 0.1) is 31.2 Å². The number of morpholine rings is 1. The Kier molecular flexibility index (Phi) is 7.44. The quantitative estimate of drug-likeness (QED) is 0.288. The first-order valence-corrected chi connectivity index (χ1v) is 12.4. The summed E-state index contributed by atoms with van der Waals surface area (Å²) in [5.41, 5.74) is -1.19. The molecule has 0 aliphatic carbocycles. The van der Waals surface area contributed by atoms with Gasteiger partial charge in [0.25, 0.3) is 0 Å². The van der Waals surface area contributed by atoms with Gasteiger partial charge in [0, 0.05) is 50.7 Å². The molecule has 2 bridgehead atoms. The van der Waals surface area contributed by atoms with Crippen molar-refractivity contribution in [2.45, 2.75) is 35.4 Å². The van der Waals surface area contributed by atoms with Crippen molar-refractivity contribution < 1.29 is 34.1 Å². The van der Waals surface area contributed by atoms with Crippen LogP contribution >= 0.6 is 15.9 Å². The lowest BCUT2D eigenvalue weighted by Crippen LogP contribution is -2.57. The zero-order valence-corrected chi connectivity index (χ0v) is 20.2. The van der Waals surface area contributed by atoms with Crippen molar-refractivity contribution >= 4 is 33.7 Å². The SMILES string of the molecule is C=CCN(CCN1CCOCC1)C(=O)C1N(CCCO)C(=O)[C@@H]2[C@@H](C(=O)O)[C@@H]3OC12CC3Br. The van der Waals surface area contributed by atoms with E-state index in [9.17, 15) is 24.6 Å². The van der Waals surface area contributed by atoms with E-state index in [4.69, 9.17) is 9.47 Å². The second-order valence-corrected chi connectivity index (χ2v) is 10.3. The van der Waals surface area contributed by atoms with Gasteiger partial charge < -0.3 is 29.5 Å². The Morgan fingerprint density at radius 1 is 1.30 bits per heavy atom. The van der Waals surface area contributed by atoms with Gasteiger partial charge in [-0.3, -0.25) is 19.3 Å². The second-order valence-electron chi connectivity index (χ2n) is 9.14. The summed E-state index contributed by atoms with van der Waals surface area (Å²) < 4.78 is 11.6. The van der Waals surface area contributed by atoms with Gasteiger partial charge in [-0.1, -0.05) is 22.0 Å². The fourth-order valence-electron chi connectivity index (χ4n) is 5.88. The van der Waals surface area contributed by atoms with Crippen molar-refractivity contribution in [1.82, 2.24) is 14.7 Å². The van der Waals surface area contributed by atoms with Gasteiger partial charge in [-0.15, -0.1) is 6.58 Å². The number of halogens is 1. The molecular formula is C22H32BrN3O7. The Morgan fingerprint density at radius 3 is 2.67 bits per heavy atom. The van der Waals surface area contributed by atoms with Crippen molar-refractivity contribution in [1.29, 1.82) is 0 Å². The van der Waals surface area contributed by atoms with E-state index in [0.717, 1.165) is 13.1 Å². The molecule has 4 fully saturated rings. The summed E-state index contributed by atoms with van der Waals surface area (Å²) in [6.45, 7) is 8.16. The molecule has 0 saturated carbocycles. The number of carbonyl (C=O) groups excluding carboxylic acids is 2. The molecule has 0 aromatic rings. The molecule has 11 heteroatoms. The summed E-state index contributed by atoms with van der Waals surface area (Å²) in [5, 5.41) is 19.3. The van der Waals surface area contributed by atoms with E-state index in [1.165, 1.54) is 4.90 Å². The highest BCUT2D eigenvalue weighted by Crippen LogP contribution is 2.60. The number of likely N-dealkylation sites (tertiary alicyclic amines) is 1. The lowest BCUT2D eigenvalue weighted by atomic mass is 9.70. The molecule has 4 saturated heterocycles. The first kappa shape index (κ1) is 24.6. The Labute approximate surface area is 201 Å². The minimum Gasteiger partial charge on any atom is -0.481 e. The van der Waals surface area contributed by atoms with E-state index in [1.807, 2.05) is 0 Å². The number of fused-ring (bicyclic) bond motifs is 1. The Balaban J connectivity index is 1.62. The van der Waals surface area contributed by atoms with E-state index >= 15 is 0 Å². The number of hydrogen-bond acceptors (Lipinski definition) is 7. The minimum absolute atomic E-state index is 0.136. The highest BCUT2D eigenvalue weighted by molar-refractivity contribution is 9.09. The average molecular weight is 530 g/mol. The third-order valence-electron chi connectivity index (χ3n) is 7.32. The number of carbonyl (C=O) groups is 3. The van der Waals surface area contributed by atoms with Crippen LogP contribution in [-0.2, 0) is 23.9 Å². The van der Waals surface area contributed by atoms with Gasteiger partial charge in [0.2, 0.25) is 11.8 Å². The third-order valence-corrected chi connectivity index (χ3v) is 8.16. The molecule has 4 aliphatic rings. The average Bonchev–Trinajstić information content (AvgIpc) is 3.39. The number of hydrogen-bond donors (Lipinski definition) is 2. The van der Waals surface area contributed by atoms with Crippen LogP contribution in [0.3, 0.4) is 0 Å². The van der Waals surface area contributed by atoms with E-state index < -0.39 is 35.6 Å². The molecule has 0 aromatic heterocycles. The van der Waals surface area contributed by atoms with Crippen molar-refractivity contribution in [2.24, 2.45) is 11.8 Å². The second kappa shape index (κ2) is 9.99. The van der Waals surface area contributed by atoms with Crippen molar-refractivity contribution in [3.05, 3.63) is 12.7 Å². The number of alkyl halides is 1. The van der Waals surface area contributed by atoms with E-state index in [1.54, 1.807) is 11.0 Å². The van der Waals surface area contributed by atoms with Crippen molar-refractivity contribution in [2.75, 3.05) is 59.1 Å². The summed E-state index contributed by atoms with van der Waals surface area (Å²) in [6.07, 6.45) is 1.68. The molecule has 2 amide bonds. The zero-order chi connectivity index (χ0) is 23.8. The van der Waals surface area contributed by atoms with E-state index in [0.29, 0.717) is 45.7 Å². The summed E-state index contributed by atoms with van der Waals surface area (Å²) >= 11 is 3.54. The number of ether oxygens (including phenoxy) is 2. The standard InChI is InChI=1S/C22H32BrN3O7/c1-2-4-25(7-6-24-8-11-32-12-9-24)20(29)18-22-13-14(23)17(33-22)15(21(30)31)16(22)19(28)26(18)5-3-10-27/h2,14-18,27H,1,3-13H2,(H,30,31)/t14?,15-,16+,17-,18?,22?/m1/s1. The number of rotatable bonds is 10. The molecular weight excluding hydrogens is 498 g/mol. The van der Waals surface area contributed by atoms with Crippen molar-refractivity contribution in [3.63, 3.8) is 0 Å². The molecule has 0 aromatic carbocycles. The number of nitrogens with zero attached hydrogens (tertiary/aromatic N) is 3. The van der Waals surface area contributed by atoms with Crippen LogP contribution in [0.15, 0.2) is 12.7 Å². The maximum absolute atomic E-state index is 14.0. The molecule has 10 nitrogen and oxygen atoms in total. The fourth-order valence-corrected chi connectivity index (χ4v) is 6.82. The van der Waals surface area contributed by atoms with Crippen LogP contribution in [0.25, 0.3) is 0 Å². The van der Waals surface area contributed by atoms with Gasteiger partial charge in [0.1, 0.15) is 11.6 Å². The molecule has 33 heavy (non-hydrogen) atoms. The molecule has 1 spiro atoms. The Bertz CT molecular complexity index is 792. The number of aliphatic hydroxyl groups is 1. The summed E-state index contributed by atoms with van der Waals surface area (Å²) in [4.78, 5) is 44.6. The number of aliphatic hydroxyl groups excluding tert-OH is 1. The summed E-state index contributed by atoms with van der Waals surface area (Å²) in [6, 6.07) is -0.930. The van der Waals surface area contributed by atoms with E-state index in [2.05, 4.69) is 27.4 Å². The minimum atomic E-state index is -1.19. The van der Waals surface area contributed by atoms with Crippen LogP contribution < -0.4 is 0 Å². The van der Waals surface area contributed by atoms with Crippen molar-refractivity contribution in [3.8, 4) is 0 Å². The lowest BCUT2D eigenvalue weighted by molar-refractivity contribution is -0.151. The Hall–Kier alpha value is -1.53. The van der Waals surface area contributed by atoms with Gasteiger partial charge in [-0.25, -0.2) is 0 Å². The van der Waals surface area contributed by atoms with Crippen LogP contribution in [-0.4, -0.2) is 124 Å². The van der Waals surface area contributed by atoms with E-state index in [-0.39, 0.29) is 29.8 Å². The third kappa shape index (κ3) is 4.22. The topological polar surface area (TPSA) is 120 Å². The first-order valence-electron chi connectivity index (χ1n) is 11.5. The molecule has 3 unspecified atom stereocenters. The van der Waals surface area contributed by atoms with Crippen LogP contribution in [0.4, 0.5) is 0 Å². The number of amides is 2. The monoisotopic (exact) mass is 529 g/mol. The molecule has 4 rings (SSSR count). The lowest BCUT2D eigenvalue weighted by Gasteiger charge is -2.37. The van der Waals surface area contributed by atoms with Crippen LogP contribution in [0.5, 0.6) is 0 Å². The van der Waals surface area contributed by atoms with Gasteiger partial charge in [0.15, 0.2) is 0 Å². The first-order chi connectivity index (χ1) is 15.9. The number of carboxylic acids is 1. The fraction of sp³-hybridized carbons (Fsp3) is 0.773. The van der Waals surface area contributed by atoms with Crippen LogP contribution in [0.1, 0.15) is 12.8 Å². The smallest absolute Gasteiger partial charge is 0.310 e. The van der Waals surface area contributed by atoms with Gasteiger partial charge in [-0.2, -0.15) is 0 Å². The normalized spacial score (nSPS) is 35.6. The highest BCUT2D eigenvalue weighted by atomic mass is 79.9. The molecule has 4 heterocycles. The molecule has 0 radical (unpaired) electrons. The highest BCUT2D eigenvalue weighted by Gasteiger charge is 2.76. The van der Waals surface area contributed by atoms with Gasteiger partial charge >= 0.3 is 5.97 Å². The predicted molar refractivity (Wildman–Crippen MR) is 121 cm³/mol. The number of carboxylic acid groups (broad SMARTS) is 1. The van der Waals surface area contributed by atoms with Crippen LogP contribution in [0.2, 0.25) is 0 Å². The maximum atomic E-state index is 14.0. The Morgan fingerprint density at radius 2 is 2.03 bits per heavy atom. The maximum Gasteiger partial charge on any atom is 0.310 e. The molecule has 4 aliphatic heterocycles. The zero-order valence-electron chi connectivity index (χ0n) is 18.6. The summed E-state index contributed by atoms with van der Waals surface area (Å²) in [7, 11) is 0. The summed E-state index contributed by atoms with van der Waals surface area (Å²) in [5.74, 6) is -3.64. The molecule has 2 N–H and O–H groups in total. The predicted octanol–water partition coefficient (Wildman–Crippen LogP) is -0.452. The number of aliphatic carboxylic acids is 1. The van der Waals surface area contributed by atoms with Gasteiger partial charge in [-0.05, 0) is 12.8 Å². The molecule has 184 valence electrons.